The molecule has 0 radical (unpaired) electrons. The Balaban J connectivity index is 1.99. The molecule has 1 aromatic heterocycles. The highest BCUT2D eigenvalue weighted by Crippen LogP contribution is 2.21. The average Bonchev–Trinajstić information content (AvgIpc) is 2.75. The van der Waals surface area contributed by atoms with Gasteiger partial charge in [-0.2, -0.15) is 0 Å². The first-order chi connectivity index (χ1) is 7.83. The van der Waals surface area contributed by atoms with E-state index in [9.17, 15) is 0 Å². The smallest absolute Gasteiger partial charge is 0.245 e. The molecule has 1 fully saturated rings. The SMILES string of the molecule is BrC1CCN(c2nnc3ccccc3n2)C1. The third-order valence-electron chi connectivity index (χ3n) is 2.76. The quantitative estimate of drug-likeness (QED) is 0.749. The van der Waals surface area contributed by atoms with E-state index in [0.717, 1.165) is 36.5 Å². The molecule has 3 rings (SSSR count). The van der Waals surface area contributed by atoms with Gasteiger partial charge in [0, 0.05) is 17.9 Å². The standard InChI is InChI=1S/C11H11BrN4/c12-8-5-6-16(7-8)11-13-9-3-1-2-4-10(9)14-15-11/h1-4,8H,5-7H2. The molecule has 1 saturated heterocycles. The van der Waals surface area contributed by atoms with E-state index in [1.165, 1.54) is 0 Å². The van der Waals surface area contributed by atoms with E-state index in [-0.39, 0.29) is 0 Å². The Kier molecular flexibility index (Phi) is 2.47. The largest absolute Gasteiger partial charge is 0.338 e. The Morgan fingerprint density at radius 2 is 2.00 bits per heavy atom. The molecule has 0 N–H and O–H groups in total. The maximum absolute atomic E-state index is 4.52. The van der Waals surface area contributed by atoms with E-state index in [1.54, 1.807) is 0 Å². The van der Waals surface area contributed by atoms with Crippen LogP contribution in [-0.4, -0.2) is 33.1 Å². The number of rotatable bonds is 1. The Hall–Kier alpha value is -1.23. The van der Waals surface area contributed by atoms with Gasteiger partial charge in [0.1, 0.15) is 5.52 Å². The summed E-state index contributed by atoms with van der Waals surface area (Å²) in [7, 11) is 0. The second kappa shape index (κ2) is 3.97. The lowest BCUT2D eigenvalue weighted by molar-refractivity contribution is 0.871. The van der Waals surface area contributed by atoms with Gasteiger partial charge < -0.3 is 4.90 Å². The molecule has 0 spiro atoms. The number of halogens is 1. The number of anilines is 1. The van der Waals surface area contributed by atoms with Crippen LogP contribution in [0.4, 0.5) is 5.95 Å². The molecule has 1 atom stereocenters. The zero-order valence-electron chi connectivity index (χ0n) is 8.67. The molecular weight excluding hydrogens is 268 g/mol. The third kappa shape index (κ3) is 1.75. The Morgan fingerprint density at radius 3 is 2.75 bits per heavy atom. The predicted molar refractivity (Wildman–Crippen MR) is 66.9 cm³/mol. The topological polar surface area (TPSA) is 41.9 Å². The van der Waals surface area contributed by atoms with Crippen molar-refractivity contribution < 1.29 is 0 Å². The Morgan fingerprint density at radius 1 is 1.19 bits per heavy atom. The summed E-state index contributed by atoms with van der Waals surface area (Å²) in [5.74, 6) is 0.737. The molecule has 4 nitrogen and oxygen atoms in total. The highest BCUT2D eigenvalue weighted by atomic mass is 79.9. The van der Waals surface area contributed by atoms with Gasteiger partial charge in [-0.1, -0.05) is 28.1 Å². The van der Waals surface area contributed by atoms with Crippen LogP contribution >= 0.6 is 15.9 Å². The average molecular weight is 279 g/mol. The predicted octanol–water partition coefficient (Wildman–Crippen LogP) is 2.00. The molecule has 1 aliphatic heterocycles. The monoisotopic (exact) mass is 278 g/mol. The molecule has 0 saturated carbocycles. The molecule has 82 valence electrons. The summed E-state index contributed by atoms with van der Waals surface area (Å²) in [5, 5.41) is 8.35. The zero-order valence-corrected chi connectivity index (χ0v) is 10.3. The van der Waals surface area contributed by atoms with Crippen LogP contribution in [0.5, 0.6) is 0 Å². The maximum atomic E-state index is 4.52. The van der Waals surface area contributed by atoms with Crippen molar-refractivity contribution in [1.29, 1.82) is 0 Å². The van der Waals surface area contributed by atoms with Gasteiger partial charge in [0.25, 0.3) is 0 Å². The Labute approximate surface area is 102 Å². The van der Waals surface area contributed by atoms with Gasteiger partial charge in [0.05, 0.1) is 5.52 Å². The van der Waals surface area contributed by atoms with Crippen LogP contribution in [0.25, 0.3) is 11.0 Å². The fraction of sp³-hybridized carbons (Fsp3) is 0.364. The van der Waals surface area contributed by atoms with Crippen molar-refractivity contribution in [2.45, 2.75) is 11.2 Å². The van der Waals surface area contributed by atoms with Crippen molar-refractivity contribution in [3.05, 3.63) is 24.3 Å². The lowest BCUT2D eigenvalue weighted by Crippen LogP contribution is -2.22. The molecule has 0 aliphatic carbocycles. The molecule has 16 heavy (non-hydrogen) atoms. The second-order valence-electron chi connectivity index (χ2n) is 3.93. The highest BCUT2D eigenvalue weighted by Gasteiger charge is 2.22. The van der Waals surface area contributed by atoms with Crippen LogP contribution in [0.1, 0.15) is 6.42 Å². The molecule has 1 aromatic carbocycles. The van der Waals surface area contributed by atoms with Crippen LogP contribution < -0.4 is 4.90 Å². The first-order valence-electron chi connectivity index (χ1n) is 5.31. The fourth-order valence-electron chi connectivity index (χ4n) is 1.91. The van der Waals surface area contributed by atoms with Gasteiger partial charge in [0.15, 0.2) is 0 Å². The van der Waals surface area contributed by atoms with Crippen LogP contribution in [-0.2, 0) is 0 Å². The summed E-state index contributed by atoms with van der Waals surface area (Å²) in [4.78, 5) is 7.23. The van der Waals surface area contributed by atoms with Gasteiger partial charge in [-0.15, -0.1) is 10.2 Å². The van der Waals surface area contributed by atoms with E-state index in [1.807, 2.05) is 24.3 Å². The molecule has 1 unspecified atom stereocenters. The molecule has 5 heteroatoms. The number of hydrogen-bond acceptors (Lipinski definition) is 4. The molecular formula is C11H11BrN4. The van der Waals surface area contributed by atoms with Crippen molar-refractivity contribution in [3.63, 3.8) is 0 Å². The number of fused-ring (bicyclic) bond motifs is 1. The van der Waals surface area contributed by atoms with Gasteiger partial charge >= 0.3 is 0 Å². The molecule has 0 amide bonds. The lowest BCUT2D eigenvalue weighted by Gasteiger charge is -2.14. The van der Waals surface area contributed by atoms with E-state index in [4.69, 9.17) is 0 Å². The van der Waals surface area contributed by atoms with Gasteiger partial charge in [-0.3, -0.25) is 0 Å². The van der Waals surface area contributed by atoms with E-state index >= 15 is 0 Å². The first-order valence-corrected chi connectivity index (χ1v) is 6.23. The molecule has 1 aliphatic rings. The number of alkyl halides is 1. The minimum absolute atomic E-state index is 0.544. The van der Waals surface area contributed by atoms with Crippen LogP contribution in [0, 0.1) is 0 Å². The van der Waals surface area contributed by atoms with Crippen LogP contribution in [0.3, 0.4) is 0 Å². The third-order valence-corrected chi connectivity index (χ3v) is 3.51. The zero-order chi connectivity index (χ0) is 11.0. The summed E-state index contributed by atoms with van der Waals surface area (Å²) in [6.07, 6.45) is 1.14. The Bertz CT molecular complexity index is 516. The molecule has 2 aromatic rings. The van der Waals surface area contributed by atoms with Crippen LogP contribution in [0.2, 0.25) is 0 Å². The van der Waals surface area contributed by atoms with Gasteiger partial charge in [-0.25, -0.2) is 4.98 Å². The summed E-state index contributed by atoms with van der Waals surface area (Å²) >= 11 is 3.61. The van der Waals surface area contributed by atoms with Crippen molar-refractivity contribution in [3.8, 4) is 0 Å². The number of benzene rings is 1. The van der Waals surface area contributed by atoms with E-state index in [0.29, 0.717) is 4.83 Å². The minimum atomic E-state index is 0.544. The van der Waals surface area contributed by atoms with E-state index < -0.39 is 0 Å². The van der Waals surface area contributed by atoms with Crippen molar-refractivity contribution in [1.82, 2.24) is 15.2 Å². The van der Waals surface area contributed by atoms with E-state index in [2.05, 4.69) is 36.0 Å². The first kappa shape index (κ1) is 9.96. The number of aromatic nitrogens is 3. The fourth-order valence-corrected chi connectivity index (χ4v) is 2.46. The van der Waals surface area contributed by atoms with Crippen molar-refractivity contribution >= 4 is 32.9 Å². The summed E-state index contributed by atoms with van der Waals surface area (Å²) < 4.78 is 0. The minimum Gasteiger partial charge on any atom is -0.338 e. The number of para-hydroxylation sites is 1. The molecule has 2 heterocycles. The maximum Gasteiger partial charge on any atom is 0.245 e. The summed E-state index contributed by atoms with van der Waals surface area (Å²) in [6, 6.07) is 7.81. The number of nitrogens with zero attached hydrogens (tertiary/aromatic N) is 4. The molecule has 0 bridgehead atoms. The lowest BCUT2D eigenvalue weighted by atomic mass is 10.3. The summed E-state index contributed by atoms with van der Waals surface area (Å²) in [6.45, 7) is 1.95. The second-order valence-corrected chi connectivity index (χ2v) is 5.23. The highest BCUT2D eigenvalue weighted by molar-refractivity contribution is 9.09. The van der Waals surface area contributed by atoms with Crippen LogP contribution in [0.15, 0.2) is 24.3 Å². The normalized spacial score (nSPS) is 20.6. The van der Waals surface area contributed by atoms with Gasteiger partial charge in [0.2, 0.25) is 5.95 Å². The summed E-state index contributed by atoms with van der Waals surface area (Å²) in [5.41, 5.74) is 1.76. The van der Waals surface area contributed by atoms with Crippen molar-refractivity contribution in [2.24, 2.45) is 0 Å². The van der Waals surface area contributed by atoms with Gasteiger partial charge in [-0.05, 0) is 18.6 Å². The van der Waals surface area contributed by atoms with Crippen molar-refractivity contribution in [2.75, 3.05) is 18.0 Å². The number of hydrogen-bond donors (Lipinski definition) is 0.